The minimum atomic E-state index is -2.78. The van der Waals surface area contributed by atoms with E-state index in [4.69, 9.17) is 21.3 Å². The first kappa shape index (κ1) is 22.4. The molecule has 0 fully saturated rings. The first-order valence-corrected chi connectivity index (χ1v) is 13.6. The van der Waals surface area contributed by atoms with Crippen molar-refractivity contribution < 1.29 is 18.6 Å². The molecule has 0 bridgehead atoms. The zero-order chi connectivity index (χ0) is 23.2. The maximum absolute atomic E-state index is 11.8. The SMILES string of the molecule is CCNC(=O)COc1ccc2c(c1)N(c1nc(-c3ccc(Cl)s3)nc3c1CS(O)(O)C3)CC2. The monoisotopic (exact) mass is 506 g/mol. The van der Waals surface area contributed by atoms with E-state index in [0.717, 1.165) is 28.1 Å². The summed E-state index contributed by atoms with van der Waals surface area (Å²) in [6, 6.07) is 9.44. The number of carbonyl (C=O) groups excluding carboxylic acids is 1. The Morgan fingerprint density at radius 2 is 2.12 bits per heavy atom. The molecule has 0 saturated heterocycles. The van der Waals surface area contributed by atoms with Crippen LogP contribution in [0.2, 0.25) is 4.34 Å². The van der Waals surface area contributed by atoms with Crippen molar-refractivity contribution in [1.29, 1.82) is 0 Å². The Balaban J connectivity index is 1.52. The zero-order valence-corrected chi connectivity index (χ0v) is 20.3. The van der Waals surface area contributed by atoms with Gasteiger partial charge in [-0.1, -0.05) is 17.7 Å². The van der Waals surface area contributed by atoms with E-state index >= 15 is 0 Å². The van der Waals surface area contributed by atoms with Gasteiger partial charge in [-0.25, -0.2) is 9.97 Å². The van der Waals surface area contributed by atoms with Crippen LogP contribution in [-0.2, 0) is 22.7 Å². The fourth-order valence-corrected chi connectivity index (χ4v) is 6.63. The number of fused-ring (bicyclic) bond motifs is 2. The van der Waals surface area contributed by atoms with Crippen LogP contribution in [0.25, 0.3) is 10.7 Å². The van der Waals surface area contributed by atoms with Gasteiger partial charge >= 0.3 is 0 Å². The largest absolute Gasteiger partial charge is 0.484 e. The molecule has 5 rings (SSSR count). The Labute approximate surface area is 201 Å². The summed E-state index contributed by atoms with van der Waals surface area (Å²) >= 11 is 7.51. The molecule has 0 saturated carbocycles. The molecule has 0 radical (unpaired) electrons. The normalized spacial score (nSPS) is 16.9. The van der Waals surface area contributed by atoms with Gasteiger partial charge in [-0.3, -0.25) is 13.9 Å². The smallest absolute Gasteiger partial charge is 0.257 e. The average Bonchev–Trinajstić information content (AvgIpc) is 3.46. The standard InChI is InChI=1S/C22H23ClN4O4S2/c1-2-24-20(28)10-31-14-4-3-13-7-8-27(17(13)9-14)22-15-11-33(29,30)12-16(15)25-21(26-22)18-5-6-19(23)32-18/h3-6,9,29-30H,2,7-8,10-12H2,1H3,(H,24,28). The van der Waals surface area contributed by atoms with Gasteiger partial charge in [-0.15, -0.1) is 11.3 Å². The number of halogens is 1. The van der Waals surface area contributed by atoms with Crippen molar-refractivity contribution in [1.82, 2.24) is 15.3 Å². The fraction of sp³-hybridized carbons (Fsp3) is 0.318. The highest BCUT2D eigenvalue weighted by atomic mass is 35.5. The second-order valence-corrected chi connectivity index (χ2v) is 11.8. The van der Waals surface area contributed by atoms with Crippen LogP contribution < -0.4 is 15.0 Å². The van der Waals surface area contributed by atoms with Gasteiger partial charge in [0, 0.05) is 30.4 Å². The van der Waals surface area contributed by atoms with E-state index in [1.807, 2.05) is 31.2 Å². The minimum absolute atomic E-state index is 0.0558. The predicted octanol–water partition coefficient (Wildman–Crippen LogP) is 4.83. The Hall–Kier alpha value is -2.37. The summed E-state index contributed by atoms with van der Waals surface area (Å²) < 4.78 is 27.2. The Bertz CT molecular complexity index is 1230. The molecule has 33 heavy (non-hydrogen) atoms. The Kier molecular flexibility index (Phi) is 5.96. The summed E-state index contributed by atoms with van der Waals surface area (Å²) in [5.74, 6) is 1.88. The number of anilines is 2. The highest BCUT2D eigenvalue weighted by molar-refractivity contribution is 8.23. The lowest BCUT2D eigenvalue weighted by atomic mass is 10.1. The second kappa shape index (κ2) is 8.77. The lowest BCUT2D eigenvalue weighted by Crippen LogP contribution is -2.28. The van der Waals surface area contributed by atoms with Gasteiger partial charge in [0.25, 0.3) is 5.91 Å². The van der Waals surface area contributed by atoms with Crippen molar-refractivity contribution in [3.8, 4) is 16.5 Å². The second-order valence-electron chi connectivity index (χ2n) is 7.93. The van der Waals surface area contributed by atoms with Gasteiger partial charge in [0.2, 0.25) is 0 Å². The number of amides is 1. The molecule has 2 aliphatic rings. The van der Waals surface area contributed by atoms with Gasteiger partial charge in [0.05, 0.1) is 26.4 Å². The highest BCUT2D eigenvalue weighted by Crippen LogP contribution is 2.55. The van der Waals surface area contributed by atoms with Crippen molar-refractivity contribution in [2.24, 2.45) is 0 Å². The molecule has 0 spiro atoms. The van der Waals surface area contributed by atoms with Crippen LogP contribution in [0.1, 0.15) is 23.7 Å². The number of carbonyl (C=O) groups is 1. The molecule has 174 valence electrons. The van der Waals surface area contributed by atoms with E-state index in [2.05, 4.69) is 15.2 Å². The Morgan fingerprint density at radius 3 is 2.88 bits per heavy atom. The molecule has 11 heteroatoms. The van der Waals surface area contributed by atoms with Crippen LogP contribution in [0, 0.1) is 0 Å². The number of thiophene rings is 1. The molecule has 1 aromatic carbocycles. The predicted molar refractivity (Wildman–Crippen MR) is 132 cm³/mol. The number of nitrogens with one attached hydrogen (secondary N) is 1. The molecule has 0 atom stereocenters. The summed E-state index contributed by atoms with van der Waals surface area (Å²) in [5.41, 5.74) is 3.50. The molecular formula is C22H23ClN4O4S2. The zero-order valence-electron chi connectivity index (χ0n) is 17.9. The molecule has 3 aromatic rings. The summed E-state index contributed by atoms with van der Waals surface area (Å²) in [5, 5.41) is 2.72. The van der Waals surface area contributed by atoms with Gasteiger partial charge in [-0.2, -0.15) is 10.6 Å². The molecule has 0 unspecified atom stereocenters. The van der Waals surface area contributed by atoms with Crippen LogP contribution in [0.4, 0.5) is 11.5 Å². The van der Waals surface area contributed by atoms with Gasteiger partial charge in [-0.05, 0) is 37.1 Å². The summed E-state index contributed by atoms with van der Waals surface area (Å²) in [7, 11) is -2.78. The average molecular weight is 507 g/mol. The fourth-order valence-electron chi connectivity index (χ4n) is 4.12. The quantitative estimate of drug-likeness (QED) is 0.439. The summed E-state index contributed by atoms with van der Waals surface area (Å²) in [6.45, 7) is 3.05. The molecule has 3 N–H and O–H groups in total. The lowest BCUT2D eigenvalue weighted by molar-refractivity contribution is -0.122. The van der Waals surface area contributed by atoms with Gasteiger partial charge < -0.3 is 15.0 Å². The molecule has 0 aliphatic carbocycles. The number of hydrogen-bond donors (Lipinski definition) is 3. The Morgan fingerprint density at radius 1 is 1.27 bits per heavy atom. The molecular weight excluding hydrogens is 484 g/mol. The maximum atomic E-state index is 11.8. The van der Waals surface area contributed by atoms with Crippen molar-refractivity contribution >= 4 is 50.9 Å². The first-order valence-electron chi connectivity index (χ1n) is 10.5. The minimum Gasteiger partial charge on any atom is -0.484 e. The number of ether oxygens (including phenoxy) is 1. The van der Waals surface area contributed by atoms with Crippen LogP contribution in [-0.4, -0.2) is 44.7 Å². The third-order valence-electron chi connectivity index (χ3n) is 5.56. The number of rotatable bonds is 6. The van der Waals surface area contributed by atoms with Crippen LogP contribution in [0.5, 0.6) is 5.75 Å². The van der Waals surface area contributed by atoms with E-state index < -0.39 is 10.6 Å². The van der Waals surface area contributed by atoms with Crippen molar-refractivity contribution in [2.75, 3.05) is 24.6 Å². The van der Waals surface area contributed by atoms with E-state index in [1.54, 1.807) is 6.07 Å². The topological polar surface area (TPSA) is 108 Å². The van der Waals surface area contributed by atoms with Gasteiger partial charge in [0.15, 0.2) is 12.4 Å². The third kappa shape index (κ3) is 4.53. The van der Waals surface area contributed by atoms with E-state index in [1.165, 1.54) is 11.3 Å². The third-order valence-corrected chi connectivity index (χ3v) is 8.27. The van der Waals surface area contributed by atoms with Crippen LogP contribution in [0.3, 0.4) is 0 Å². The van der Waals surface area contributed by atoms with Crippen LogP contribution >= 0.6 is 33.5 Å². The molecule has 8 nitrogen and oxygen atoms in total. The molecule has 4 heterocycles. The van der Waals surface area contributed by atoms with Crippen molar-refractivity contribution in [3.05, 3.63) is 51.5 Å². The van der Waals surface area contributed by atoms with E-state index in [0.29, 0.717) is 40.5 Å². The van der Waals surface area contributed by atoms with Crippen molar-refractivity contribution in [2.45, 2.75) is 24.9 Å². The first-order chi connectivity index (χ1) is 15.8. The number of aromatic nitrogens is 2. The lowest BCUT2D eigenvalue weighted by Gasteiger charge is -2.25. The van der Waals surface area contributed by atoms with E-state index in [9.17, 15) is 13.9 Å². The molecule has 2 aromatic heterocycles. The maximum Gasteiger partial charge on any atom is 0.257 e. The molecule has 2 aliphatic heterocycles. The summed E-state index contributed by atoms with van der Waals surface area (Å²) in [6.07, 6.45) is 0.821. The number of nitrogens with zero attached hydrogens (tertiary/aromatic N) is 3. The summed E-state index contributed by atoms with van der Waals surface area (Å²) in [4.78, 5) is 24.2. The molecule has 1 amide bonds. The number of likely N-dealkylation sites (N-methyl/N-ethyl adjacent to an activating group) is 1. The highest BCUT2D eigenvalue weighted by Gasteiger charge is 2.34. The van der Waals surface area contributed by atoms with Gasteiger partial charge in [0.1, 0.15) is 11.6 Å². The number of hydrogen-bond acceptors (Lipinski definition) is 8. The number of benzene rings is 1. The van der Waals surface area contributed by atoms with Crippen LogP contribution in [0.15, 0.2) is 30.3 Å². The van der Waals surface area contributed by atoms with Crippen molar-refractivity contribution in [3.63, 3.8) is 0 Å². The van der Waals surface area contributed by atoms with E-state index in [-0.39, 0.29) is 24.0 Å².